The topological polar surface area (TPSA) is 21.6 Å². The number of terminal acetylenes is 1. The summed E-state index contributed by atoms with van der Waals surface area (Å²) in [4.78, 5) is 4.97. The summed E-state index contributed by atoms with van der Waals surface area (Å²) in [5.41, 5.74) is 0. The molecule has 0 saturated heterocycles. The van der Waals surface area contributed by atoms with E-state index in [1.807, 2.05) is 13.8 Å². The van der Waals surface area contributed by atoms with Gasteiger partial charge in [-0.3, -0.25) is 0 Å². The molecule has 2 heteroatoms. The maximum atomic E-state index is 5.06. The zero-order valence-electron chi connectivity index (χ0n) is 6.50. The molecule has 0 radical (unpaired) electrons. The minimum absolute atomic E-state index is 0.132. The van der Waals surface area contributed by atoms with E-state index in [0.29, 0.717) is 0 Å². The van der Waals surface area contributed by atoms with Gasteiger partial charge < -0.3 is 4.84 Å². The van der Waals surface area contributed by atoms with Gasteiger partial charge >= 0.3 is 0 Å². The number of oxime groups is 1. The van der Waals surface area contributed by atoms with Gasteiger partial charge in [0.15, 0.2) is 0 Å². The molecule has 0 N–H and O–H groups in total. The quantitative estimate of drug-likeness (QED) is 0.330. The third kappa shape index (κ3) is 5.17. The third-order valence-corrected chi connectivity index (χ3v) is 1.04. The second-order valence-corrected chi connectivity index (χ2v) is 2.02. The normalized spacial score (nSPS) is 12.9. The largest absolute Gasteiger partial charge is 0.393 e. The molecule has 1 atom stereocenters. The fourth-order valence-electron chi connectivity index (χ4n) is 0.504. The van der Waals surface area contributed by atoms with E-state index >= 15 is 0 Å². The van der Waals surface area contributed by atoms with Crippen molar-refractivity contribution in [1.82, 2.24) is 0 Å². The third-order valence-electron chi connectivity index (χ3n) is 1.04. The highest BCUT2D eigenvalue weighted by molar-refractivity contribution is 5.52. The van der Waals surface area contributed by atoms with Gasteiger partial charge in [0.2, 0.25) is 0 Å². The predicted octanol–water partition coefficient (Wildman–Crippen LogP) is 1.81. The van der Waals surface area contributed by atoms with Crippen molar-refractivity contribution in [1.29, 1.82) is 0 Å². The first-order chi connectivity index (χ1) is 4.81. The average molecular weight is 139 g/mol. The number of hydrogen-bond acceptors (Lipinski definition) is 2. The number of hydrogen-bond donors (Lipinski definition) is 0. The minimum Gasteiger partial charge on any atom is -0.393 e. The van der Waals surface area contributed by atoms with E-state index in [4.69, 9.17) is 11.3 Å². The van der Waals surface area contributed by atoms with Gasteiger partial charge in [-0.1, -0.05) is 5.16 Å². The lowest BCUT2D eigenvalue weighted by molar-refractivity contribution is 0.0685. The molecule has 56 valence electrons. The van der Waals surface area contributed by atoms with Crippen molar-refractivity contribution in [3.8, 4) is 12.3 Å². The SMILES string of the molecule is C#CCCC(C)ON=CC. The van der Waals surface area contributed by atoms with Crippen LogP contribution in [0.1, 0.15) is 26.7 Å². The lowest BCUT2D eigenvalue weighted by Crippen LogP contribution is -2.02. The van der Waals surface area contributed by atoms with Gasteiger partial charge in [-0.2, -0.15) is 0 Å². The van der Waals surface area contributed by atoms with E-state index in [1.54, 1.807) is 6.21 Å². The van der Waals surface area contributed by atoms with Crippen LogP contribution in [0.15, 0.2) is 5.16 Å². The van der Waals surface area contributed by atoms with Gasteiger partial charge in [0.25, 0.3) is 0 Å². The van der Waals surface area contributed by atoms with Gasteiger partial charge in [0.05, 0.1) is 0 Å². The van der Waals surface area contributed by atoms with Crippen LogP contribution in [0.4, 0.5) is 0 Å². The van der Waals surface area contributed by atoms with Crippen molar-refractivity contribution in [2.75, 3.05) is 0 Å². The van der Waals surface area contributed by atoms with E-state index in [0.717, 1.165) is 12.8 Å². The number of rotatable bonds is 4. The van der Waals surface area contributed by atoms with Crippen molar-refractivity contribution in [3.05, 3.63) is 0 Å². The van der Waals surface area contributed by atoms with E-state index in [-0.39, 0.29) is 6.10 Å². The number of nitrogens with zero attached hydrogens (tertiary/aromatic N) is 1. The fourth-order valence-corrected chi connectivity index (χ4v) is 0.504. The maximum Gasteiger partial charge on any atom is 0.125 e. The first kappa shape index (κ1) is 9.03. The van der Waals surface area contributed by atoms with Crippen LogP contribution in [-0.2, 0) is 4.84 Å². The van der Waals surface area contributed by atoms with Crippen LogP contribution in [-0.4, -0.2) is 12.3 Å². The molecular weight excluding hydrogens is 126 g/mol. The van der Waals surface area contributed by atoms with Crippen LogP contribution in [0.3, 0.4) is 0 Å². The van der Waals surface area contributed by atoms with Crippen LogP contribution in [0, 0.1) is 12.3 Å². The second kappa shape index (κ2) is 6.15. The summed E-state index contributed by atoms with van der Waals surface area (Å²) in [5.74, 6) is 2.54. The van der Waals surface area contributed by atoms with Crippen molar-refractivity contribution >= 4 is 6.21 Å². The molecule has 0 rings (SSSR count). The molecule has 2 nitrogen and oxygen atoms in total. The van der Waals surface area contributed by atoms with Crippen molar-refractivity contribution in [3.63, 3.8) is 0 Å². The van der Waals surface area contributed by atoms with E-state index < -0.39 is 0 Å². The summed E-state index contributed by atoms with van der Waals surface area (Å²) in [6.45, 7) is 3.76. The molecule has 0 fully saturated rings. The molecule has 0 amide bonds. The summed E-state index contributed by atoms with van der Waals surface area (Å²) in [6.07, 6.45) is 8.43. The first-order valence-corrected chi connectivity index (χ1v) is 3.38. The van der Waals surface area contributed by atoms with Gasteiger partial charge in [0, 0.05) is 12.6 Å². The molecule has 0 saturated carbocycles. The van der Waals surface area contributed by atoms with Crippen molar-refractivity contribution < 1.29 is 4.84 Å². The van der Waals surface area contributed by atoms with Crippen molar-refractivity contribution in [2.24, 2.45) is 5.16 Å². The Balaban J connectivity index is 3.26. The van der Waals surface area contributed by atoms with Crippen LogP contribution >= 0.6 is 0 Å². The monoisotopic (exact) mass is 139 g/mol. The van der Waals surface area contributed by atoms with E-state index in [1.165, 1.54) is 0 Å². The summed E-state index contributed by atoms with van der Waals surface area (Å²) >= 11 is 0. The highest BCUT2D eigenvalue weighted by Gasteiger charge is 1.97. The average Bonchev–Trinajstić information content (AvgIpc) is 1.97. The van der Waals surface area contributed by atoms with Crippen LogP contribution in [0.5, 0.6) is 0 Å². The first-order valence-electron chi connectivity index (χ1n) is 3.38. The van der Waals surface area contributed by atoms with Crippen LogP contribution in [0.25, 0.3) is 0 Å². The Morgan fingerprint density at radius 3 is 3.00 bits per heavy atom. The molecule has 0 heterocycles. The lowest BCUT2D eigenvalue weighted by Gasteiger charge is -2.05. The Bertz CT molecular complexity index is 135. The fraction of sp³-hybridized carbons (Fsp3) is 0.625. The molecule has 10 heavy (non-hydrogen) atoms. The van der Waals surface area contributed by atoms with Gasteiger partial charge in [-0.05, 0) is 20.3 Å². The maximum absolute atomic E-state index is 5.06. The Kier molecular flexibility index (Phi) is 5.56. The Morgan fingerprint density at radius 1 is 1.80 bits per heavy atom. The molecule has 0 aliphatic carbocycles. The molecule has 0 bridgehead atoms. The predicted molar refractivity (Wildman–Crippen MR) is 42.8 cm³/mol. The highest BCUT2D eigenvalue weighted by atomic mass is 16.6. The highest BCUT2D eigenvalue weighted by Crippen LogP contribution is 1.99. The van der Waals surface area contributed by atoms with E-state index in [9.17, 15) is 0 Å². The molecule has 0 aromatic rings. The second-order valence-electron chi connectivity index (χ2n) is 2.02. The minimum atomic E-state index is 0.132. The molecule has 0 aromatic carbocycles. The summed E-state index contributed by atoms with van der Waals surface area (Å²) in [6, 6.07) is 0. The standard InChI is InChI=1S/C8H13NO/c1-4-6-7-8(3)10-9-5-2/h1,5,8H,6-7H2,2-3H3. The molecule has 1 unspecified atom stereocenters. The zero-order chi connectivity index (χ0) is 7.82. The van der Waals surface area contributed by atoms with Crippen molar-refractivity contribution in [2.45, 2.75) is 32.8 Å². The van der Waals surface area contributed by atoms with Gasteiger partial charge in [-0.25, -0.2) is 0 Å². The summed E-state index contributed by atoms with van der Waals surface area (Å²) < 4.78 is 0. The van der Waals surface area contributed by atoms with Crippen LogP contribution in [0.2, 0.25) is 0 Å². The van der Waals surface area contributed by atoms with Crippen LogP contribution < -0.4 is 0 Å². The van der Waals surface area contributed by atoms with E-state index in [2.05, 4.69) is 11.1 Å². The van der Waals surface area contributed by atoms with Gasteiger partial charge in [-0.15, -0.1) is 12.3 Å². The summed E-state index contributed by atoms with van der Waals surface area (Å²) in [5, 5.41) is 3.63. The molecule has 0 aliphatic rings. The lowest BCUT2D eigenvalue weighted by atomic mass is 10.2. The zero-order valence-corrected chi connectivity index (χ0v) is 6.50. The Morgan fingerprint density at radius 2 is 2.50 bits per heavy atom. The van der Waals surface area contributed by atoms with Gasteiger partial charge in [0.1, 0.15) is 6.10 Å². The Labute approximate surface area is 62.3 Å². The molecule has 0 aromatic heterocycles. The molecule has 0 aliphatic heterocycles. The Hall–Kier alpha value is -0.970. The smallest absolute Gasteiger partial charge is 0.125 e. The molecular formula is C8H13NO. The molecule has 0 spiro atoms. The summed E-state index contributed by atoms with van der Waals surface area (Å²) in [7, 11) is 0.